The van der Waals surface area contributed by atoms with E-state index in [9.17, 15) is 5.11 Å². The molecule has 0 saturated carbocycles. The zero-order valence-electron chi connectivity index (χ0n) is 11.1. The van der Waals surface area contributed by atoms with Gasteiger partial charge >= 0.3 is 0 Å². The Kier molecular flexibility index (Phi) is 4.55. The Morgan fingerprint density at radius 3 is 2.50 bits per heavy atom. The van der Waals surface area contributed by atoms with Crippen molar-refractivity contribution in [2.45, 2.75) is 26.4 Å². The van der Waals surface area contributed by atoms with E-state index in [4.69, 9.17) is 14.7 Å². The van der Waals surface area contributed by atoms with Crippen molar-refractivity contribution in [3.8, 4) is 11.5 Å². The van der Waals surface area contributed by atoms with E-state index in [0.717, 1.165) is 5.56 Å². The highest BCUT2D eigenvalue weighted by molar-refractivity contribution is 5.98. The van der Waals surface area contributed by atoms with Gasteiger partial charge in [0.25, 0.3) is 0 Å². The molecule has 0 bridgehead atoms. The Balaban J connectivity index is 2.94. The fourth-order valence-electron chi connectivity index (χ4n) is 1.32. The fraction of sp³-hybridized carbons (Fsp3) is 0.462. The number of ether oxygens (including phenoxy) is 2. The van der Waals surface area contributed by atoms with Gasteiger partial charge in [0.1, 0.15) is 6.61 Å². The molecule has 1 rings (SSSR count). The van der Waals surface area contributed by atoms with Crippen LogP contribution in [0.2, 0.25) is 0 Å². The van der Waals surface area contributed by atoms with E-state index in [1.165, 1.54) is 7.11 Å². The summed E-state index contributed by atoms with van der Waals surface area (Å²) < 4.78 is 10.7. The number of hydrogen-bond acceptors (Lipinski definition) is 5. The van der Waals surface area contributed by atoms with Gasteiger partial charge in [0.15, 0.2) is 11.5 Å². The summed E-state index contributed by atoms with van der Waals surface area (Å²) in [6.07, 6.45) is 0. The predicted molar refractivity (Wildman–Crippen MR) is 68.8 cm³/mol. The van der Waals surface area contributed by atoms with Crippen LogP contribution >= 0.6 is 0 Å². The van der Waals surface area contributed by atoms with Gasteiger partial charge in [-0.25, -0.2) is 0 Å². The third kappa shape index (κ3) is 3.92. The molecule has 0 aliphatic carbocycles. The minimum Gasteiger partial charge on any atom is -0.493 e. The molecule has 2 N–H and O–H groups in total. The second-order valence-electron chi connectivity index (χ2n) is 4.65. The van der Waals surface area contributed by atoms with E-state index in [0.29, 0.717) is 17.2 Å². The molecule has 0 heterocycles. The zero-order chi connectivity index (χ0) is 13.8. The van der Waals surface area contributed by atoms with Crippen LogP contribution in [0.3, 0.4) is 0 Å². The van der Waals surface area contributed by atoms with Crippen LogP contribution in [-0.2, 0) is 0 Å². The Morgan fingerprint density at radius 1 is 1.33 bits per heavy atom. The van der Waals surface area contributed by atoms with Crippen molar-refractivity contribution in [1.82, 2.24) is 0 Å². The van der Waals surface area contributed by atoms with Crippen LogP contribution in [0, 0.1) is 0 Å². The van der Waals surface area contributed by atoms with Gasteiger partial charge in [-0.2, -0.15) is 0 Å². The Labute approximate surface area is 107 Å². The molecule has 5 nitrogen and oxygen atoms in total. The summed E-state index contributed by atoms with van der Waals surface area (Å²) in [5, 5.41) is 21.4. The number of methoxy groups -OCH3 is 1. The van der Waals surface area contributed by atoms with Gasteiger partial charge in [0, 0.05) is 5.56 Å². The first-order chi connectivity index (χ1) is 8.37. The van der Waals surface area contributed by atoms with Crippen molar-refractivity contribution in [2.75, 3.05) is 13.7 Å². The molecule has 1 aromatic rings. The average molecular weight is 253 g/mol. The van der Waals surface area contributed by atoms with Crippen molar-refractivity contribution >= 4 is 5.71 Å². The molecule has 18 heavy (non-hydrogen) atoms. The number of benzene rings is 1. The summed E-state index contributed by atoms with van der Waals surface area (Å²) in [5.41, 5.74) is 0.318. The first kappa shape index (κ1) is 14.3. The molecule has 5 heteroatoms. The van der Waals surface area contributed by atoms with E-state index in [1.807, 2.05) is 0 Å². The van der Waals surface area contributed by atoms with Crippen molar-refractivity contribution < 1.29 is 19.8 Å². The van der Waals surface area contributed by atoms with Crippen molar-refractivity contribution in [2.24, 2.45) is 5.16 Å². The van der Waals surface area contributed by atoms with Crippen LogP contribution < -0.4 is 9.47 Å². The SMILES string of the molecule is COc1cc(/C(C)=N/O)ccc1OCC(C)(C)O. The third-order valence-electron chi connectivity index (χ3n) is 2.31. The van der Waals surface area contributed by atoms with Crippen LogP contribution in [-0.4, -0.2) is 35.3 Å². The van der Waals surface area contributed by atoms with Gasteiger partial charge in [-0.1, -0.05) is 5.16 Å². The predicted octanol–water partition coefficient (Wildman–Crippen LogP) is 2.04. The molecule has 0 unspecified atom stereocenters. The third-order valence-corrected chi connectivity index (χ3v) is 2.31. The van der Waals surface area contributed by atoms with Crippen LogP contribution in [0.5, 0.6) is 11.5 Å². The van der Waals surface area contributed by atoms with E-state index in [2.05, 4.69) is 5.16 Å². The number of hydrogen-bond donors (Lipinski definition) is 2. The number of aliphatic hydroxyl groups is 1. The lowest BCUT2D eigenvalue weighted by Crippen LogP contribution is -2.28. The van der Waals surface area contributed by atoms with Crippen molar-refractivity contribution in [3.63, 3.8) is 0 Å². The quantitative estimate of drug-likeness (QED) is 0.478. The molecule has 0 aliphatic rings. The van der Waals surface area contributed by atoms with E-state index < -0.39 is 5.60 Å². The molecular weight excluding hydrogens is 234 g/mol. The van der Waals surface area contributed by atoms with E-state index >= 15 is 0 Å². The topological polar surface area (TPSA) is 71.3 Å². The largest absolute Gasteiger partial charge is 0.493 e. The van der Waals surface area contributed by atoms with Gasteiger partial charge in [-0.3, -0.25) is 0 Å². The Morgan fingerprint density at radius 2 is 2.00 bits per heavy atom. The summed E-state index contributed by atoms with van der Waals surface area (Å²) in [6.45, 7) is 5.18. The lowest BCUT2D eigenvalue weighted by atomic mass is 10.1. The molecule has 0 fully saturated rings. The molecule has 1 aromatic carbocycles. The normalized spacial score (nSPS) is 12.4. The number of oxime groups is 1. The van der Waals surface area contributed by atoms with Crippen LogP contribution in [0.4, 0.5) is 0 Å². The zero-order valence-corrected chi connectivity index (χ0v) is 11.1. The maximum Gasteiger partial charge on any atom is 0.161 e. The Hall–Kier alpha value is -1.75. The summed E-state index contributed by atoms with van der Waals surface area (Å²) >= 11 is 0. The molecule has 0 spiro atoms. The summed E-state index contributed by atoms with van der Waals surface area (Å²) in [7, 11) is 1.53. The average Bonchev–Trinajstić information content (AvgIpc) is 2.34. The van der Waals surface area contributed by atoms with Crippen molar-refractivity contribution in [1.29, 1.82) is 0 Å². The van der Waals surface area contributed by atoms with E-state index in [-0.39, 0.29) is 6.61 Å². The first-order valence-electron chi connectivity index (χ1n) is 5.59. The first-order valence-corrected chi connectivity index (χ1v) is 5.59. The summed E-state index contributed by atoms with van der Waals surface area (Å²) in [4.78, 5) is 0. The minimum absolute atomic E-state index is 0.162. The lowest BCUT2D eigenvalue weighted by Gasteiger charge is -2.19. The highest BCUT2D eigenvalue weighted by atomic mass is 16.5. The van der Waals surface area contributed by atoms with Gasteiger partial charge in [0.2, 0.25) is 0 Å². The number of nitrogens with zero attached hydrogens (tertiary/aromatic N) is 1. The van der Waals surface area contributed by atoms with Gasteiger partial charge < -0.3 is 19.8 Å². The maximum atomic E-state index is 9.61. The molecule has 0 radical (unpaired) electrons. The highest BCUT2D eigenvalue weighted by Gasteiger charge is 2.15. The Bertz CT molecular complexity index is 435. The molecular formula is C13H19NO4. The highest BCUT2D eigenvalue weighted by Crippen LogP contribution is 2.29. The summed E-state index contributed by atoms with van der Waals surface area (Å²) in [5.74, 6) is 1.06. The van der Waals surface area contributed by atoms with Gasteiger partial charge in [-0.05, 0) is 39.0 Å². The standard InChI is InChI=1S/C13H19NO4/c1-9(14-16)10-5-6-11(12(7-10)17-4)18-8-13(2,3)15/h5-7,15-16H,8H2,1-4H3/b14-9+. The minimum atomic E-state index is -0.911. The van der Waals surface area contributed by atoms with Gasteiger partial charge in [0.05, 0.1) is 18.4 Å². The van der Waals surface area contributed by atoms with Crippen LogP contribution in [0.25, 0.3) is 0 Å². The fourth-order valence-corrected chi connectivity index (χ4v) is 1.32. The molecule has 0 aliphatic heterocycles. The van der Waals surface area contributed by atoms with Crippen LogP contribution in [0.1, 0.15) is 26.3 Å². The van der Waals surface area contributed by atoms with Crippen LogP contribution in [0.15, 0.2) is 23.4 Å². The van der Waals surface area contributed by atoms with Gasteiger partial charge in [-0.15, -0.1) is 0 Å². The molecule has 0 amide bonds. The summed E-state index contributed by atoms with van der Waals surface area (Å²) in [6, 6.07) is 5.20. The molecule has 100 valence electrons. The maximum absolute atomic E-state index is 9.61. The smallest absolute Gasteiger partial charge is 0.161 e. The second-order valence-corrected chi connectivity index (χ2v) is 4.65. The second kappa shape index (κ2) is 5.73. The molecule has 0 saturated heterocycles. The molecule has 0 aromatic heterocycles. The number of rotatable bonds is 5. The van der Waals surface area contributed by atoms with Crippen molar-refractivity contribution in [3.05, 3.63) is 23.8 Å². The van der Waals surface area contributed by atoms with E-state index in [1.54, 1.807) is 39.0 Å². The lowest BCUT2D eigenvalue weighted by molar-refractivity contribution is 0.0276. The monoisotopic (exact) mass is 253 g/mol. The molecule has 0 atom stereocenters.